The lowest BCUT2D eigenvalue weighted by molar-refractivity contribution is -0.140. The molecule has 4 aromatic carbocycles. The molecule has 8 rings (SSSR count). The Balaban J connectivity index is 0.000000206. The fourth-order valence-corrected chi connectivity index (χ4v) is 13.5. The van der Waals surface area contributed by atoms with Gasteiger partial charge in [0.05, 0.1) is 42.6 Å². The minimum absolute atomic E-state index is 0.0433. The molecule has 0 aliphatic carbocycles. The summed E-state index contributed by atoms with van der Waals surface area (Å²) in [5.74, 6) is -1.57. The quantitative estimate of drug-likeness (QED) is 0.0919. The Morgan fingerprint density at radius 1 is 0.800 bits per heavy atom. The van der Waals surface area contributed by atoms with Crippen molar-refractivity contribution in [3.05, 3.63) is 127 Å². The maximum absolute atomic E-state index is 13.6. The minimum atomic E-state index is -4.72. The molecule has 0 unspecified atom stereocenters. The van der Waals surface area contributed by atoms with Crippen LogP contribution in [0.1, 0.15) is 30.9 Å². The molecule has 2 saturated heterocycles. The number of ether oxygens (including phenoxy) is 2. The van der Waals surface area contributed by atoms with Crippen LogP contribution in [0.15, 0.2) is 98.0 Å². The second kappa shape index (κ2) is 21.0. The molecule has 2 N–H and O–H groups in total. The molecule has 2 atom stereocenters. The topological polar surface area (TPSA) is 117 Å². The second-order valence-electron chi connectivity index (χ2n) is 16.1. The normalized spacial score (nSPS) is 17.8. The molecule has 0 bridgehead atoms. The Morgan fingerprint density at radius 2 is 1.47 bits per heavy atom. The minimum Gasteiger partial charge on any atom is -0.488 e. The van der Waals surface area contributed by atoms with Crippen molar-refractivity contribution in [2.75, 3.05) is 41.8 Å². The van der Waals surface area contributed by atoms with Crippen molar-refractivity contribution in [2.45, 2.75) is 52.2 Å². The summed E-state index contributed by atoms with van der Waals surface area (Å²) in [7, 11) is -6.72. The Bertz CT molecular complexity index is 3140. The zero-order valence-electron chi connectivity index (χ0n) is 36.0. The maximum Gasteiger partial charge on any atom is 0.419 e. The van der Waals surface area contributed by atoms with Crippen molar-refractivity contribution in [1.29, 1.82) is 0 Å². The van der Waals surface area contributed by atoms with Gasteiger partial charge in [-0.25, -0.2) is 12.8 Å². The lowest BCUT2D eigenvalue weighted by atomic mass is 10.1. The maximum atomic E-state index is 13.6. The van der Waals surface area contributed by atoms with Crippen LogP contribution in [0.4, 0.5) is 42.1 Å². The Kier molecular flexibility index (Phi) is 16.2. The summed E-state index contributed by atoms with van der Waals surface area (Å²) >= 11 is 32.1. The molecular weight excluding hydrogens is 1120 g/mol. The van der Waals surface area contributed by atoms with Gasteiger partial charge in [0.1, 0.15) is 33.2 Å². The fourth-order valence-electron chi connectivity index (χ4n) is 7.24. The van der Waals surface area contributed by atoms with Gasteiger partial charge in [-0.05, 0) is 104 Å². The number of likely N-dealkylation sites (N-methyl/N-ethyl adjacent to an activating group) is 1. The van der Waals surface area contributed by atoms with Gasteiger partial charge >= 0.3 is 12.4 Å². The number of hydrogen-bond donors (Lipinski definition) is 2. The van der Waals surface area contributed by atoms with Gasteiger partial charge in [0.25, 0.3) is 20.0 Å². The zero-order valence-corrected chi connectivity index (χ0v) is 43.0. The SMILES string of the molecule is CN1CC[C@@H](Oc2cc(NS(=O)(=O)c3scc(-c4ccc(Cl)c(Cl)c4)c3Cl)ccc2C(F)(F)F)C1.C[C@@]1(Oc2cc(N(Cl)S(=O)(=O)c3cc(-c4ccc(F)c(Cl)c4)cs3)ccc2C(F)(F)F)CCNC1. The van der Waals surface area contributed by atoms with E-state index in [0.29, 0.717) is 70.1 Å². The van der Waals surface area contributed by atoms with E-state index in [0.717, 1.165) is 65.1 Å². The first-order valence-corrected chi connectivity index (χ1v) is 26.9. The summed E-state index contributed by atoms with van der Waals surface area (Å²) in [6, 6.07) is 15.6. The van der Waals surface area contributed by atoms with Crippen LogP contribution in [0.2, 0.25) is 20.1 Å². The molecule has 26 heteroatoms. The Labute approximate surface area is 431 Å². The van der Waals surface area contributed by atoms with Gasteiger partial charge < -0.3 is 19.7 Å². The van der Waals surface area contributed by atoms with Crippen LogP contribution in [-0.2, 0) is 32.4 Å². The van der Waals surface area contributed by atoms with E-state index >= 15 is 0 Å². The highest BCUT2D eigenvalue weighted by Gasteiger charge is 2.40. The van der Waals surface area contributed by atoms with E-state index in [1.165, 1.54) is 23.6 Å². The standard InChI is InChI=1S/C22H18Cl3F3N2O3S2.C22H18Cl2F4N2O3S2/c1-30-7-6-14(10-30)33-19-9-13(3-4-16(19)22(26,27)28)29-35(31,32)21-20(25)15(11-34-21)12-2-5-17(23)18(24)8-12;1-21(6-7-29-12-21)33-19-10-15(3-4-16(19)22(26,27)28)30(24)35(31,32)20-9-14(11-34-20)13-2-5-18(25)17(23)8-13/h2-5,8-9,11,14,29H,6-7,10H2,1H3;2-5,8-11,29H,6-7,12H2,1H3/t14-;21-/m11/s1. The highest BCUT2D eigenvalue weighted by molar-refractivity contribution is 7.96. The average molecular weight is 1160 g/mol. The summed E-state index contributed by atoms with van der Waals surface area (Å²) in [4.78, 5) is 1.94. The molecule has 4 heterocycles. The smallest absolute Gasteiger partial charge is 0.419 e. The lowest BCUT2D eigenvalue weighted by Gasteiger charge is -2.27. The molecule has 2 aliphatic heterocycles. The lowest BCUT2D eigenvalue weighted by Crippen LogP contribution is -2.35. The summed E-state index contributed by atoms with van der Waals surface area (Å²) in [5.41, 5.74) is -1.28. The molecule has 70 heavy (non-hydrogen) atoms. The molecule has 2 aliphatic rings. The highest BCUT2D eigenvalue weighted by atomic mass is 35.5. The Morgan fingerprint density at radius 3 is 2.10 bits per heavy atom. The van der Waals surface area contributed by atoms with E-state index in [-0.39, 0.29) is 34.9 Å². The largest absolute Gasteiger partial charge is 0.488 e. The first kappa shape index (κ1) is 54.0. The molecule has 0 radical (unpaired) electrons. The summed E-state index contributed by atoms with van der Waals surface area (Å²) in [6.07, 6.45) is -8.78. The van der Waals surface area contributed by atoms with Gasteiger partial charge in [-0.3, -0.25) is 4.72 Å². The number of benzene rings is 4. The van der Waals surface area contributed by atoms with Crippen molar-refractivity contribution < 1.29 is 57.0 Å². The first-order valence-electron chi connectivity index (χ1n) is 20.3. The molecule has 2 aromatic heterocycles. The summed E-state index contributed by atoms with van der Waals surface area (Å²) in [6.45, 7) is 3.74. The fraction of sp³-hybridized carbons (Fsp3) is 0.273. The number of nitrogens with zero attached hydrogens (tertiary/aromatic N) is 2. The van der Waals surface area contributed by atoms with Crippen molar-refractivity contribution in [1.82, 2.24) is 10.2 Å². The van der Waals surface area contributed by atoms with E-state index in [1.807, 2.05) is 11.9 Å². The van der Waals surface area contributed by atoms with E-state index < -0.39 is 72.5 Å². The van der Waals surface area contributed by atoms with Crippen LogP contribution in [0.3, 0.4) is 0 Å². The molecule has 0 spiro atoms. The highest BCUT2D eigenvalue weighted by Crippen LogP contribution is 2.45. The third-order valence-electron chi connectivity index (χ3n) is 10.8. The molecule has 376 valence electrons. The van der Waals surface area contributed by atoms with Crippen LogP contribution in [0, 0.1) is 5.82 Å². The number of anilines is 2. The van der Waals surface area contributed by atoms with Crippen molar-refractivity contribution in [3.8, 4) is 33.8 Å². The first-order chi connectivity index (χ1) is 32.6. The van der Waals surface area contributed by atoms with Crippen molar-refractivity contribution in [2.24, 2.45) is 0 Å². The average Bonchev–Trinajstić information content (AvgIpc) is 4.11. The van der Waals surface area contributed by atoms with Gasteiger partial charge in [-0.15, -0.1) is 22.7 Å². The van der Waals surface area contributed by atoms with Crippen LogP contribution in [-0.4, -0.2) is 66.7 Å². The van der Waals surface area contributed by atoms with Crippen LogP contribution >= 0.6 is 80.9 Å². The van der Waals surface area contributed by atoms with Crippen LogP contribution in [0.25, 0.3) is 22.3 Å². The predicted molar refractivity (Wildman–Crippen MR) is 262 cm³/mol. The molecular formula is C44H36Cl5F7N4O6S4. The van der Waals surface area contributed by atoms with Crippen LogP contribution < -0.4 is 23.3 Å². The molecule has 0 amide bonds. The van der Waals surface area contributed by atoms with E-state index in [4.69, 9.17) is 67.7 Å². The number of halogens is 12. The van der Waals surface area contributed by atoms with Gasteiger partial charge in [-0.2, -0.15) is 38.6 Å². The zero-order chi connectivity index (χ0) is 51.1. The summed E-state index contributed by atoms with van der Waals surface area (Å²) in [5, 5.41) is 6.55. The third kappa shape index (κ3) is 12.4. The number of rotatable bonds is 12. The van der Waals surface area contributed by atoms with E-state index in [2.05, 4.69) is 10.0 Å². The van der Waals surface area contributed by atoms with Crippen molar-refractivity contribution >= 4 is 112 Å². The predicted octanol–water partition coefficient (Wildman–Crippen LogP) is 14.0. The Hall–Kier alpha value is -3.74. The number of thiophene rings is 2. The number of hydrogen-bond acceptors (Lipinski definition) is 10. The van der Waals surface area contributed by atoms with Gasteiger partial charge in [-0.1, -0.05) is 58.5 Å². The molecule has 2 fully saturated rings. The number of likely N-dealkylation sites (tertiary alicyclic amines) is 1. The van der Waals surface area contributed by atoms with E-state index in [1.54, 1.807) is 30.5 Å². The number of alkyl halides is 6. The van der Waals surface area contributed by atoms with E-state index in [9.17, 15) is 47.6 Å². The molecule has 6 aromatic rings. The second-order valence-corrected chi connectivity index (χ2v) is 24.0. The molecule has 10 nitrogen and oxygen atoms in total. The van der Waals surface area contributed by atoms with Gasteiger partial charge in [0.2, 0.25) is 0 Å². The summed E-state index contributed by atoms with van der Waals surface area (Å²) < 4.78 is 161. The van der Waals surface area contributed by atoms with Gasteiger partial charge in [0, 0.05) is 60.9 Å². The molecule has 0 saturated carbocycles. The monoisotopic (exact) mass is 1150 g/mol. The third-order valence-corrected chi connectivity index (χ3v) is 19.0. The number of sulfonamides is 2. The van der Waals surface area contributed by atoms with Gasteiger partial charge in [0.15, 0.2) is 4.21 Å². The van der Waals surface area contributed by atoms with Crippen molar-refractivity contribution in [3.63, 3.8) is 0 Å². The number of nitrogens with one attached hydrogen (secondary N) is 2. The van der Waals surface area contributed by atoms with Crippen LogP contribution in [0.5, 0.6) is 11.5 Å².